The number of esters is 1. The summed E-state index contributed by atoms with van der Waals surface area (Å²) in [4.78, 5) is 11.9. The van der Waals surface area contributed by atoms with Gasteiger partial charge < -0.3 is 15.8 Å². The maximum absolute atomic E-state index is 11.6. The van der Waals surface area contributed by atoms with Crippen molar-refractivity contribution < 1.29 is 9.53 Å². The molecule has 0 amide bonds. The monoisotopic (exact) mass is 293 g/mol. The first-order chi connectivity index (χ1) is 9.56. The van der Waals surface area contributed by atoms with Crippen LogP contribution in [0, 0.1) is 16.7 Å². The van der Waals surface area contributed by atoms with Crippen LogP contribution in [0.1, 0.15) is 47.8 Å². The number of hydrogen-bond donors (Lipinski definition) is 2. The highest BCUT2D eigenvalue weighted by Crippen LogP contribution is 2.45. The Labute approximate surface area is 122 Å². The standard InChI is InChI=1S/C14H19N3O2S/c1-3-14(5-4-6-14)8-17-12-9(7-15)10(16)11(20-12)13(18)19-2/h17H,3-6,8,16H2,1-2H3. The summed E-state index contributed by atoms with van der Waals surface area (Å²) in [6.07, 6.45) is 4.80. The Morgan fingerprint density at radius 2 is 2.30 bits per heavy atom. The van der Waals surface area contributed by atoms with E-state index in [9.17, 15) is 10.1 Å². The zero-order chi connectivity index (χ0) is 14.8. The molecule has 1 aromatic rings. The van der Waals surface area contributed by atoms with Crippen LogP contribution < -0.4 is 11.1 Å². The average molecular weight is 293 g/mol. The number of nitrogens with zero attached hydrogens (tertiary/aromatic N) is 1. The number of methoxy groups -OCH3 is 1. The minimum Gasteiger partial charge on any atom is -0.465 e. The van der Waals surface area contributed by atoms with E-state index in [1.165, 1.54) is 37.7 Å². The van der Waals surface area contributed by atoms with Crippen LogP contribution in [0.4, 0.5) is 10.7 Å². The Morgan fingerprint density at radius 3 is 2.75 bits per heavy atom. The van der Waals surface area contributed by atoms with Crippen LogP contribution in [0.15, 0.2) is 0 Å². The third kappa shape index (κ3) is 2.46. The van der Waals surface area contributed by atoms with Crippen molar-refractivity contribution in [1.29, 1.82) is 5.26 Å². The van der Waals surface area contributed by atoms with Crippen LogP contribution in [0.5, 0.6) is 0 Å². The topological polar surface area (TPSA) is 88.1 Å². The van der Waals surface area contributed by atoms with Crippen molar-refractivity contribution in [3.8, 4) is 6.07 Å². The third-order valence-electron chi connectivity index (χ3n) is 4.22. The normalized spacial score (nSPS) is 16.1. The van der Waals surface area contributed by atoms with E-state index in [0.717, 1.165) is 13.0 Å². The summed E-state index contributed by atoms with van der Waals surface area (Å²) in [6.45, 7) is 3.01. The zero-order valence-electron chi connectivity index (χ0n) is 11.8. The molecule has 3 N–H and O–H groups in total. The summed E-state index contributed by atoms with van der Waals surface area (Å²) in [5.41, 5.74) is 6.75. The molecule has 108 valence electrons. The van der Waals surface area contributed by atoms with E-state index in [4.69, 9.17) is 5.73 Å². The minimum atomic E-state index is -0.495. The van der Waals surface area contributed by atoms with Crippen molar-refractivity contribution in [3.63, 3.8) is 0 Å². The van der Waals surface area contributed by atoms with Crippen molar-refractivity contribution in [2.75, 3.05) is 24.7 Å². The van der Waals surface area contributed by atoms with Gasteiger partial charge in [-0.3, -0.25) is 0 Å². The number of nitrogens with one attached hydrogen (secondary N) is 1. The second-order valence-electron chi connectivity index (χ2n) is 5.21. The Morgan fingerprint density at radius 1 is 1.60 bits per heavy atom. The van der Waals surface area contributed by atoms with Crippen molar-refractivity contribution in [1.82, 2.24) is 0 Å². The summed E-state index contributed by atoms with van der Waals surface area (Å²) in [5.74, 6) is -0.495. The third-order valence-corrected chi connectivity index (χ3v) is 5.36. The van der Waals surface area contributed by atoms with Crippen molar-refractivity contribution in [2.45, 2.75) is 32.6 Å². The lowest BCUT2D eigenvalue weighted by Gasteiger charge is -2.41. The maximum Gasteiger partial charge on any atom is 0.350 e. The molecule has 0 radical (unpaired) electrons. The number of nitriles is 1. The van der Waals surface area contributed by atoms with E-state index < -0.39 is 5.97 Å². The first-order valence-corrected chi connectivity index (χ1v) is 7.53. The lowest BCUT2D eigenvalue weighted by Crippen LogP contribution is -2.35. The molecule has 0 saturated heterocycles. The average Bonchev–Trinajstić information content (AvgIpc) is 2.73. The van der Waals surface area contributed by atoms with Crippen molar-refractivity contribution in [3.05, 3.63) is 10.4 Å². The van der Waals surface area contributed by atoms with E-state index in [-0.39, 0.29) is 5.69 Å². The Balaban J connectivity index is 2.19. The summed E-state index contributed by atoms with van der Waals surface area (Å²) in [6, 6.07) is 2.07. The molecule has 1 saturated carbocycles. The first kappa shape index (κ1) is 14.7. The van der Waals surface area contributed by atoms with E-state index in [1.54, 1.807) is 0 Å². The second-order valence-corrected chi connectivity index (χ2v) is 6.23. The molecule has 5 nitrogen and oxygen atoms in total. The van der Waals surface area contributed by atoms with Gasteiger partial charge in [0.15, 0.2) is 0 Å². The summed E-state index contributed by atoms with van der Waals surface area (Å²) in [7, 11) is 1.31. The SMILES string of the molecule is CCC1(CNc2sc(C(=O)OC)c(N)c2C#N)CCC1. The fraction of sp³-hybridized carbons (Fsp3) is 0.571. The van der Waals surface area contributed by atoms with Crippen LogP contribution in [0.3, 0.4) is 0 Å². The van der Waals surface area contributed by atoms with Gasteiger partial charge in [-0.25, -0.2) is 4.79 Å². The Kier molecular flexibility index (Phi) is 4.19. The van der Waals surface area contributed by atoms with Gasteiger partial charge in [-0.15, -0.1) is 11.3 Å². The molecule has 0 bridgehead atoms. The van der Waals surface area contributed by atoms with E-state index >= 15 is 0 Å². The van der Waals surface area contributed by atoms with Gasteiger partial charge in [0.2, 0.25) is 0 Å². The predicted octanol–water partition coefficient (Wildman–Crippen LogP) is 2.98. The first-order valence-electron chi connectivity index (χ1n) is 6.71. The van der Waals surface area contributed by atoms with Crippen LogP contribution >= 0.6 is 11.3 Å². The molecule has 1 fully saturated rings. The molecular weight excluding hydrogens is 274 g/mol. The highest BCUT2D eigenvalue weighted by atomic mass is 32.1. The number of carbonyl (C=O) groups is 1. The van der Waals surface area contributed by atoms with Crippen LogP contribution in [-0.4, -0.2) is 19.6 Å². The molecule has 1 aromatic heterocycles. The largest absolute Gasteiger partial charge is 0.465 e. The Bertz CT molecular complexity index is 550. The summed E-state index contributed by atoms with van der Waals surface area (Å²) < 4.78 is 4.68. The second kappa shape index (κ2) is 5.71. The molecule has 0 aromatic carbocycles. The zero-order valence-corrected chi connectivity index (χ0v) is 12.6. The highest BCUT2D eigenvalue weighted by molar-refractivity contribution is 7.18. The smallest absolute Gasteiger partial charge is 0.350 e. The minimum absolute atomic E-state index is 0.214. The van der Waals surface area contributed by atoms with E-state index in [1.807, 2.05) is 0 Å². The molecular formula is C14H19N3O2S. The number of ether oxygens (including phenoxy) is 1. The fourth-order valence-electron chi connectivity index (χ4n) is 2.52. The van der Waals surface area contributed by atoms with Crippen LogP contribution in [0.25, 0.3) is 0 Å². The number of anilines is 2. The molecule has 0 spiro atoms. The van der Waals surface area contributed by atoms with Gasteiger partial charge in [-0.05, 0) is 24.7 Å². The molecule has 1 heterocycles. The number of nitrogen functional groups attached to an aromatic ring is 1. The fourth-order valence-corrected chi connectivity index (χ4v) is 3.51. The van der Waals surface area contributed by atoms with Gasteiger partial charge in [0.25, 0.3) is 0 Å². The lowest BCUT2D eigenvalue weighted by atomic mass is 9.67. The number of thiophene rings is 1. The van der Waals surface area contributed by atoms with Gasteiger partial charge in [0, 0.05) is 6.54 Å². The number of rotatable bonds is 5. The summed E-state index contributed by atoms with van der Waals surface area (Å²) >= 11 is 1.20. The van der Waals surface area contributed by atoms with Crippen LogP contribution in [0.2, 0.25) is 0 Å². The van der Waals surface area contributed by atoms with Gasteiger partial charge in [-0.1, -0.05) is 13.3 Å². The molecule has 0 atom stereocenters. The molecule has 0 unspecified atom stereocenters. The molecule has 0 aliphatic heterocycles. The molecule has 1 aliphatic rings. The van der Waals surface area contributed by atoms with Gasteiger partial charge in [0.1, 0.15) is 21.5 Å². The van der Waals surface area contributed by atoms with Gasteiger partial charge >= 0.3 is 5.97 Å². The van der Waals surface area contributed by atoms with E-state index in [0.29, 0.717) is 20.9 Å². The van der Waals surface area contributed by atoms with Gasteiger partial charge in [-0.2, -0.15) is 5.26 Å². The molecule has 20 heavy (non-hydrogen) atoms. The molecule has 2 rings (SSSR count). The van der Waals surface area contributed by atoms with Crippen molar-refractivity contribution >= 4 is 28.0 Å². The van der Waals surface area contributed by atoms with Gasteiger partial charge in [0.05, 0.1) is 12.8 Å². The number of hydrogen-bond acceptors (Lipinski definition) is 6. The van der Waals surface area contributed by atoms with Crippen LogP contribution in [-0.2, 0) is 4.74 Å². The predicted molar refractivity (Wildman–Crippen MR) is 79.9 cm³/mol. The maximum atomic E-state index is 11.6. The summed E-state index contributed by atoms with van der Waals surface area (Å²) in [5, 5.41) is 13.2. The quantitative estimate of drug-likeness (QED) is 0.815. The number of carbonyl (C=O) groups excluding carboxylic acids is 1. The molecule has 6 heteroatoms. The number of nitrogens with two attached hydrogens (primary N) is 1. The van der Waals surface area contributed by atoms with Crippen molar-refractivity contribution in [2.24, 2.45) is 5.41 Å². The lowest BCUT2D eigenvalue weighted by molar-refractivity contribution is 0.0607. The molecule has 1 aliphatic carbocycles. The van der Waals surface area contributed by atoms with E-state index in [2.05, 4.69) is 23.0 Å². The Hall–Kier alpha value is -1.74. The highest BCUT2D eigenvalue weighted by Gasteiger charge is 2.35.